The van der Waals surface area contributed by atoms with E-state index >= 15 is 0 Å². The first kappa shape index (κ1) is 21.5. The minimum Gasteiger partial charge on any atom is -0.454 e. The van der Waals surface area contributed by atoms with E-state index in [1.54, 1.807) is 19.9 Å². The molecule has 1 aromatic rings. The number of fused-ring (bicyclic) bond motifs is 5. The standard InChI is InChI=1S/C24H30N2O5/c1-12(2)21(26-22(28)19-15-6-7-16(10-15)20(19)23(26)29)24(30)31-11-18(27)25-17-8-5-13(3)14(4)9-17/h5,8-9,12,15-16,19-21H,6-7,10-11H2,1-4H3,(H,25,27)/t15-,16-,19-,20-,21-/m0/s1. The minimum atomic E-state index is -1.00. The van der Waals surface area contributed by atoms with Gasteiger partial charge in [0.15, 0.2) is 6.61 Å². The quantitative estimate of drug-likeness (QED) is 0.558. The maximum absolute atomic E-state index is 13.1. The third kappa shape index (κ3) is 3.75. The van der Waals surface area contributed by atoms with Crippen LogP contribution in [-0.2, 0) is 23.9 Å². The van der Waals surface area contributed by atoms with E-state index in [0.29, 0.717) is 5.69 Å². The monoisotopic (exact) mass is 426 g/mol. The fraction of sp³-hybridized carbons (Fsp3) is 0.583. The van der Waals surface area contributed by atoms with Gasteiger partial charge >= 0.3 is 5.97 Å². The average molecular weight is 427 g/mol. The predicted molar refractivity (Wildman–Crippen MR) is 114 cm³/mol. The topological polar surface area (TPSA) is 92.8 Å². The van der Waals surface area contributed by atoms with E-state index in [1.807, 2.05) is 26.0 Å². The first-order valence-electron chi connectivity index (χ1n) is 11.1. The Morgan fingerprint density at radius 2 is 1.68 bits per heavy atom. The van der Waals surface area contributed by atoms with Crippen LogP contribution >= 0.6 is 0 Å². The van der Waals surface area contributed by atoms with Gasteiger partial charge in [0.1, 0.15) is 6.04 Å². The Kier molecular flexibility index (Phi) is 5.62. The summed E-state index contributed by atoms with van der Waals surface area (Å²) < 4.78 is 5.26. The van der Waals surface area contributed by atoms with E-state index in [9.17, 15) is 19.2 Å². The van der Waals surface area contributed by atoms with Crippen molar-refractivity contribution in [2.24, 2.45) is 29.6 Å². The molecule has 3 aliphatic rings. The molecule has 3 amide bonds. The minimum absolute atomic E-state index is 0.238. The van der Waals surface area contributed by atoms with Gasteiger partial charge in [-0.25, -0.2) is 4.79 Å². The summed E-state index contributed by atoms with van der Waals surface area (Å²) in [6, 6.07) is 4.54. The van der Waals surface area contributed by atoms with Gasteiger partial charge < -0.3 is 10.1 Å². The van der Waals surface area contributed by atoms with Crippen LogP contribution in [0.25, 0.3) is 0 Å². The fourth-order valence-corrected chi connectivity index (χ4v) is 5.62. The highest BCUT2D eigenvalue weighted by molar-refractivity contribution is 6.08. The van der Waals surface area contributed by atoms with Crippen LogP contribution in [0.1, 0.15) is 44.2 Å². The number of nitrogens with zero attached hydrogens (tertiary/aromatic N) is 1. The SMILES string of the molecule is Cc1ccc(NC(=O)COC(=O)[C@H](C(C)C)N2C(=O)[C@H]3[C@H]4CC[C@@H](C4)[C@@H]3C2=O)cc1C. The van der Waals surface area contributed by atoms with Crippen molar-refractivity contribution in [3.8, 4) is 0 Å². The first-order valence-corrected chi connectivity index (χ1v) is 11.1. The normalized spacial score (nSPS) is 27.6. The molecule has 1 aromatic carbocycles. The number of carbonyl (C=O) groups is 4. The van der Waals surface area contributed by atoms with E-state index < -0.39 is 24.5 Å². The van der Waals surface area contributed by atoms with E-state index in [4.69, 9.17) is 4.74 Å². The van der Waals surface area contributed by atoms with Crippen LogP contribution in [0.3, 0.4) is 0 Å². The summed E-state index contributed by atoms with van der Waals surface area (Å²) in [7, 11) is 0. The van der Waals surface area contributed by atoms with Gasteiger partial charge in [0.25, 0.3) is 5.91 Å². The summed E-state index contributed by atoms with van der Waals surface area (Å²) >= 11 is 0. The lowest BCUT2D eigenvalue weighted by molar-refractivity contribution is -0.162. The lowest BCUT2D eigenvalue weighted by Crippen LogP contribution is -2.50. The molecule has 0 unspecified atom stereocenters. The Bertz CT molecular complexity index is 912. The van der Waals surface area contributed by atoms with E-state index in [1.165, 1.54) is 0 Å². The summed E-state index contributed by atoms with van der Waals surface area (Å²) in [6.07, 6.45) is 2.90. The van der Waals surface area contributed by atoms with Crippen molar-refractivity contribution < 1.29 is 23.9 Å². The Morgan fingerprint density at radius 1 is 1.06 bits per heavy atom. The lowest BCUT2D eigenvalue weighted by atomic mass is 9.81. The van der Waals surface area contributed by atoms with Gasteiger partial charge in [0, 0.05) is 5.69 Å². The van der Waals surface area contributed by atoms with Crippen LogP contribution in [0.5, 0.6) is 0 Å². The van der Waals surface area contributed by atoms with Gasteiger partial charge in [-0.3, -0.25) is 19.3 Å². The number of hydrogen-bond donors (Lipinski definition) is 1. The van der Waals surface area contributed by atoms with Crippen LogP contribution in [0.15, 0.2) is 18.2 Å². The van der Waals surface area contributed by atoms with Gasteiger partial charge in [-0.05, 0) is 74.1 Å². The molecular weight excluding hydrogens is 396 g/mol. The third-order valence-corrected chi connectivity index (χ3v) is 7.25. The van der Waals surface area contributed by atoms with Gasteiger partial charge in [-0.2, -0.15) is 0 Å². The molecule has 7 nitrogen and oxygen atoms in total. The molecule has 166 valence electrons. The number of amides is 3. The zero-order chi connectivity index (χ0) is 22.4. The summed E-state index contributed by atoms with van der Waals surface area (Å²) in [6.45, 7) is 7.02. The van der Waals surface area contributed by atoms with Crippen LogP contribution in [-0.4, -0.2) is 41.2 Å². The summed E-state index contributed by atoms with van der Waals surface area (Å²) in [5, 5.41) is 2.71. The highest BCUT2D eigenvalue weighted by Crippen LogP contribution is 2.56. The second-order valence-electron chi connectivity index (χ2n) is 9.58. The number of imide groups is 1. The number of hydrogen-bond acceptors (Lipinski definition) is 5. The van der Waals surface area contributed by atoms with Crippen molar-refractivity contribution in [2.75, 3.05) is 11.9 Å². The second-order valence-corrected chi connectivity index (χ2v) is 9.58. The number of anilines is 1. The predicted octanol–water partition coefficient (Wildman–Crippen LogP) is 2.84. The van der Waals surface area contributed by atoms with Crippen LogP contribution in [0, 0.1) is 43.4 Å². The largest absolute Gasteiger partial charge is 0.454 e. The Balaban J connectivity index is 1.41. The number of likely N-dealkylation sites (tertiary alicyclic amines) is 1. The number of rotatable bonds is 6. The van der Waals surface area contributed by atoms with Gasteiger partial charge in [0.05, 0.1) is 11.8 Å². The Morgan fingerprint density at radius 3 is 2.23 bits per heavy atom. The van der Waals surface area contributed by atoms with Crippen molar-refractivity contribution in [1.29, 1.82) is 0 Å². The Labute approximate surface area is 182 Å². The van der Waals surface area contributed by atoms with Crippen LogP contribution < -0.4 is 5.32 Å². The molecule has 4 rings (SSSR count). The highest BCUT2D eigenvalue weighted by Gasteiger charge is 2.62. The van der Waals surface area contributed by atoms with E-state index in [0.717, 1.165) is 35.3 Å². The number of carbonyl (C=O) groups excluding carboxylic acids is 4. The molecule has 2 aliphatic carbocycles. The number of benzene rings is 1. The van der Waals surface area contributed by atoms with E-state index in [2.05, 4.69) is 5.32 Å². The number of ether oxygens (including phenoxy) is 1. The zero-order valence-corrected chi connectivity index (χ0v) is 18.5. The van der Waals surface area contributed by atoms with Crippen molar-refractivity contribution in [3.05, 3.63) is 29.3 Å². The van der Waals surface area contributed by atoms with Crippen LogP contribution in [0.4, 0.5) is 5.69 Å². The molecule has 0 spiro atoms. The molecule has 1 heterocycles. The maximum atomic E-state index is 13.1. The molecule has 1 saturated heterocycles. The molecule has 5 atom stereocenters. The summed E-state index contributed by atoms with van der Waals surface area (Å²) in [4.78, 5) is 52.5. The van der Waals surface area contributed by atoms with Crippen molar-refractivity contribution in [3.63, 3.8) is 0 Å². The van der Waals surface area contributed by atoms with Gasteiger partial charge in [-0.15, -0.1) is 0 Å². The number of nitrogens with one attached hydrogen (secondary N) is 1. The lowest BCUT2D eigenvalue weighted by Gasteiger charge is -2.28. The molecule has 2 saturated carbocycles. The molecule has 31 heavy (non-hydrogen) atoms. The van der Waals surface area contributed by atoms with Crippen molar-refractivity contribution >= 4 is 29.4 Å². The number of esters is 1. The molecular formula is C24H30N2O5. The number of aryl methyl sites for hydroxylation is 2. The highest BCUT2D eigenvalue weighted by atomic mass is 16.5. The zero-order valence-electron chi connectivity index (χ0n) is 18.5. The molecule has 2 bridgehead atoms. The molecule has 1 N–H and O–H groups in total. The Hall–Kier alpha value is -2.70. The molecule has 0 radical (unpaired) electrons. The summed E-state index contributed by atoms with van der Waals surface area (Å²) in [5.41, 5.74) is 2.78. The van der Waals surface area contributed by atoms with Gasteiger partial charge in [-0.1, -0.05) is 19.9 Å². The third-order valence-electron chi connectivity index (χ3n) is 7.25. The first-order chi connectivity index (χ1) is 14.7. The van der Waals surface area contributed by atoms with Crippen molar-refractivity contribution in [1.82, 2.24) is 4.90 Å². The van der Waals surface area contributed by atoms with Gasteiger partial charge in [0.2, 0.25) is 11.8 Å². The second kappa shape index (κ2) is 8.09. The maximum Gasteiger partial charge on any atom is 0.330 e. The summed E-state index contributed by atoms with van der Waals surface area (Å²) in [5.74, 6) is -2.02. The van der Waals surface area contributed by atoms with Crippen LogP contribution in [0.2, 0.25) is 0 Å². The average Bonchev–Trinajstić information content (AvgIpc) is 3.39. The van der Waals surface area contributed by atoms with Crippen molar-refractivity contribution in [2.45, 2.75) is 53.0 Å². The van der Waals surface area contributed by atoms with E-state index in [-0.39, 0.29) is 41.4 Å². The molecule has 7 heteroatoms. The smallest absolute Gasteiger partial charge is 0.330 e. The molecule has 3 fully saturated rings. The molecule has 1 aliphatic heterocycles. The molecule has 0 aromatic heterocycles. The fourth-order valence-electron chi connectivity index (χ4n) is 5.62.